The minimum atomic E-state index is 0.397. The molecular formula is C18H29NO. The number of hydrogen-bond donors (Lipinski definition) is 1. The van der Waals surface area contributed by atoms with Gasteiger partial charge in [-0.15, -0.1) is 0 Å². The summed E-state index contributed by atoms with van der Waals surface area (Å²) in [5.41, 5.74) is 3.06. The van der Waals surface area contributed by atoms with Gasteiger partial charge in [-0.2, -0.15) is 0 Å². The van der Waals surface area contributed by atoms with Crippen molar-refractivity contribution in [3.8, 4) is 5.75 Å². The molecule has 20 heavy (non-hydrogen) atoms. The Morgan fingerprint density at radius 2 is 1.95 bits per heavy atom. The molecule has 1 saturated carbocycles. The van der Waals surface area contributed by atoms with Crippen LogP contribution in [0.2, 0.25) is 0 Å². The molecule has 0 saturated heterocycles. The van der Waals surface area contributed by atoms with Gasteiger partial charge in [-0.1, -0.05) is 37.5 Å². The minimum absolute atomic E-state index is 0.397. The Morgan fingerprint density at radius 1 is 1.25 bits per heavy atom. The molecule has 2 heteroatoms. The Labute approximate surface area is 123 Å². The fourth-order valence-electron chi connectivity index (χ4n) is 3.90. The van der Waals surface area contributed by atoms with E-state index >= 15 is 0 Å². The lowest BCUT2D eigenvalue weighted by atomic mass is 9.73. The Bertz CT molecular complexity index is 435. The SMILES string of the molecule is CCOc1ccc(C)cc1C(NC)C1(CC)CCCC1. The van der Waals surface area contributed by atoms with Gasteiger partial charge in [0.2, 0.25) is 0 Å². The fraction of sp³-hybridized carbons (Fsp3) is 0.667. The lowest BCUT2D eigenvalue weighted by Gasteiger charge is -2.38. The Balaban J connectivity index is 2.42. The zero-order valence-corrected chi connectivity index (χ0v) is 13.5. The quantitative estimate of drug-likeness (QED) is 0.817. The van der Waals surface area contributed by atoms with Gasteiger partial charge in [0.05, 0.1) is 6.61 Å². The molecule has 1 unspecified atom stereocenters. The lowest BCUT2D eigenvalue weighted by molar-refractivity contribution is 0.190. The molecule has 0 heterocycles. The number of benzene rings is 1. The highest BCUT2D eigenvalue weighted by Crippen LogP contribution is 2.51. The van der Waals surface area contributed by atoms with E-state index in [1.54, 1.807) is 0 Å². The van der Waals surface area contributed by atoms with Crippen molar-refractivity contribution in [2.45, 2.75) is 58.9 Å². The van der Waals surface area contributed by atoms with Crippen LogP contribution in [0.15, 0.2) is 18.2 Å². The van der Waals surface area contributed by atoms with Crippen molar-refractivity contribution in [2.24, 2.45) is 5.41 Å². The van der Waals surface area contributed by atoms with Crippen molar-refractivity contribution in [1.29, 1.82) is 0 Å². The summed E-state index contributed by atoms with van der Waals surface area (Å²) in [5.74, 6) is 1.05. The van der Waals surface area contributed by atoms with Crippen molar-refractivity contribution >= 4 is 0 Å². The third-order valence-electron chi connectivity index (χ3n) is 4.98. The van der Waals surface area contributed by atoms with Crippen LogP contribution in [-0.2, 0) is 0 Å². The normalized spacial score (nSPS) is 19.0. The van der Waals surface area contributed by atoms with Crippen molar-refractivity contribution in [3.63, 3.8) is 0 Å². The number of hydrogen-bond acceptors (Lipinski definition) is 2. The van der Waals surface area contributed by atoms with Crippen LogP contribution in [0.5, 0.6) is 5.75 Å². The second kappa shape index (κ2) is 6.62. The lowest BCUT2D eigenvalue weighted by Crippen LogP contribution is -2.34. The molecule has 0 aliphatic heterocycles. The average molecular weight is 275 g/mol. The number of nitrogens with one attached hydrogen (secondary N) is 1. The van der Waals surface area contributed by atoms with Crippen LogP contribution in [0, 0.1) is 12.3 Å². The Hall–Kier alpha value is -1.02. The van der Waals surface area contributed by atoms with E-state index in [4.69, 9.17) is 4.74 Å². The first-order valence-corrected chi connectivity index (χ1v) is 8.07. The maximum atomic E-state index is 5.88. The molecule has 0 radical (unpaired) electrons. The summed E-state index contributed by atoms with van der Waals surface area (Å²) in [6.07, 6.45) is 6.62. The van der Waals surface area contributed by atoms with Gasteiger partial charge in [0, 0.05) is 11.6 Å². The van der Waals surface area contributed by atoms with Gasteiger partial charge in [0.15, 0.2) is 0 Å². The summed E-state index contributed by atoms with van der Waals surface area (Å²) in [5, 5.41) is 3.60. The van der Waals surface area contributed by atoms with Crippen LogP contribution in [-0.4, -0.2) is 13.7 Å². The molecule has 1 aliphatic rings. The highest BCUT2D eigenvalue weighted by Gasteiger charge is 2.40. The minimum Gasteiger partial charge on any atom is -0.494 e. The van der Waals surface area contributed by atoms with Gasteiger partial charge in [0.1, 0.15) is 5.75 Å². The van der Waals surface area contributed by atoms with E-state index in [1.165, 1.54) is 43.2 Å². The Morgan fingerprint density at radius 3 is 2.50 bits per heavy atom. The van der Waals surface area contributed by atoms with E-state index in [2.05, 4.69) is 51.3 Å². The third-order valence-corrected chi connectivity index (χ3v) is 4.98. The van der Waals surface area contributed by atoms with Gasteiger partial charge in [-0.05, 0) is 51.6 Å². The first-order valence-electron chi connectivity index (χ1n) is 8.07. The van der Waals surface area contributed by atoms with E-state index in [9.17, 15) is 0 Å². The molecule has 2 nitrogen and oxygen atoms in total. The maximum Gasteiger partial charge on any atom is 0.124 e. The first-order chi connectivity index (χ1) is 9.66. The zero-order chi connectivity index (χ0) is 14.6. The summed E-state index contributed by atoms with van der Waals surface area (Å²) in [6, 6.07) is 6.99. The highest BCUT2D eigenvalue weighted by atomic mass is 16.5. The molecule has 2 rings (SSSR count). The van der Waals surface area contributed by atoms with Crippen LogP contribution in [0.4, 0.5) is 0 Å². The maximum absolute atomic E-state index is 5.88. The van der Waals surface area contributed by atoms with Crippen LogP contribution < -0.4 is 10.1 Å². The molecule has 1 aromatic rings. The predicted molar refractivity (Wildman–Crippen MR) is 85.3 cm³/mol. The van der Waals surface area contributed by atoms with E-state index in [0.717, 1.165) is 12.4 Å². The van der Waals surface area contributed by atoms with Crippen LogP contribution in [0.3, 0.4) is 0 Å². The number of aryl methyl sites for hydroxylation is 1. The standard InChI is InChI=1S/C18H29NO/c1-5-18(11-7-8-12-18)17(19-4)15-13-14(3)9-10-16(15)20-6-2/h9-10,13,17,19H,5-8,11-12H2,1-4H3. The molecule has 112 valence electrons. The molecule has 0 aromatic heterocycles. The van der Waals surface area contributed by atoms with E-state index in [1.807, 2.05) is 0 Å². The summed E-state index contributed by atoms with van der Waals surface area (Å²) in [6.45, 7) is 7.29. The summed E-state index contributed by atoms with van der Waals surface area (Å²) in [4.78, 5) is 0. The third kappa shape index (κ3) is 2.85. The first kappa shape index (κ1) is 15.4. The smallest absolute Gasteiger partial charge is 0.124 e. The van der Waals surface area contributed by atoms with Gasteiger partial charge in [-0.25, -0.2) is 0 Å². The van der Waals surface area contributed by atoms with Gasteiger partial charge >= 0.3 is 0 Å². The van der Waals surface area contributed by atoms with Gasteiger partial charge in [0.25, 0.3) is 0 Å². The monoisotopic (exact) mass is 275 g/mol. The average Bonchev–Trinajstić information content (AvgIpc) is 2.93. The zero-order valence-electron chi connectivity index (χ0n) is 13.5. The van der Waals surface area contributed by atoms with Crippen molar-refractivity contribution < 1.29 is 4.74 Å². The van der Waals surface area contributed by atoms with Crippen molar-refractivity contribution in [2.75, 3.05) is 13.7 Å². The fourth-order valence-corrected chi connectivity index (χ4v) is 3.90. The molecule has 0 amide bonds. The van der Waals surface area contributed by atoms with Crippen LogP contribution in [0.25, 0.3) is 0 Å². The molecule has 0 spiro atoms. The molecule has 1 atom stereocenters. The van der Waals surface area contributed by atoms with E-state index in [-0.39, 0.29) is 0 Å². The van der Waals surface area contributed by atoms with Crippen molar-refractivity contribution in [1.82, 2.24) is 5.32 Å². The Kier molecular flexibility index (Phi) is 5.09. The molecular weight excluding hydrogens is 246 g/mol. The number of rotatable bonds is 6. The van der Waals surface area contributed by atoms with E-state index in [0.29, 0.717) is 11.5 Å². The van der Waals surface area contributed by atoms with E-state index < -0.39 is 0 Å². The summed E-state index contributed by atoms with van der Waals surface area (Å²) in [7, 11) is 2.10. The second-order valence-electron chi connectivity index (χ2n) is 6.12. The predicted octanol–water partition coefficient (Wildman–Crippen LogP) is 4.62. The number of ether oxygens (including phenoxy) is 1. The molecule has 1 aromatic carbocycles. The highest BCUT2D eigenvalue weighted by molar-refractivity contribution is 5.40. The molecule has 0 bridgehead atoms. The van der Waals surface area contributed by atoms with Crippen LogP contribution >= 0.6 is 0 Å². The van der Waals surface area contributed by atoms with Gasteiger partial charge in [-0.3, -0.25) is 0 Å². The topological polar surface area (TPSA) is 21.3 Å². The summed E-state index contributed by atoms with van der Waals surface area (Å²) < 4.78 is 5.88. The van der Waals surface area contributed by atoms with Crippen LogP contribution in [0.1, 0.15) is 63.1 Å². The molecule has 1 N–H and O–H groups in total. The molecule has 1 fully saturated rings. The van der Waals surface area contributed by atoms with Gasteiger partial charge < -0.3 is 10.1 Å². The molecule has 1 aliphatic carbocycles. The largest absolute Gasteiger partial charge is 0.494 e. The van der Waals surface area contributed by atoms with Crippen molar-refractivity contribution in [3.05, 3.63) is 29.3 Å². The summed E-state index contributed by atoms with van der Waals surface area (Å²) >= 11 is 0. The second-order valence-corrected chi connectivity index (χ2v) is 6.12.